The van der Waals surface area contributed by atoms with Gasteiger partial charge in [0.1, 0.15) is 0 Å². The molecule has 0 fully saturated rings. The zero-order valence-electron chi connectivity index (χ0n) is 11.2. The fourth-order valence-electron chi connectivity index (χ4n) is 2.33. The van der Waals surface area contributed by atoms with Gasteiger partial charge in [0.2, 0.25) is 0 Å². The van der Waals surface area contributed by atoms with E-state index in [4.69, 9.17) is 17.3 Å². The number of nitrogens with two attached hydrogens (primary N) is 1. The van der Waals surface area contributed by atoms with E-state index in [1.54, 1.807) is 0 Å². The molecule has 106 valence electrons. The maximum atomic E-state index is 10.7. The molecule has 0 spiro atoms. The zero-order chi connectivity index (χ0) is 14.7. The molecule has 0 aliphatic heterocycles. The number of aliphatic hydroxyl groups excluding tert-OH is 1. The van der Waals surface area contributed by atoms with Crippen LogP contribution in [0.4, 0.5) is 0 Å². The first-order valence-electron chi connectivity index (χ1n) is 6.42. The van der Waals surface area contributed by atoms with Gasteiger partial charge in [-0.05, 0) is 47.9 Å². The Morgan fingerprint density at radius 1 is 1.25 bits per heavy atom. The van der Waals surface area contributed by atoms with Gasteiger partial charge in [-0.15, -0.1) is 0 Å². The van der Waals surface area contributed by atoms with Gasteiger partial charge in [-0.2, -0.15) is 0 Å². The van der Waals surface area contributed by atoms with Crippen LogP contribution in [0.1, 0.15) is 28.7 Å². The molecule has 4 heteroatoms. The van der Waals surface area contributed by atoms with Crippen molar-refractivity contribution >= 4 is 27.5 Å². The summed E-state index contributed by atoms with van der Waals surface area (Å²) in [5.74, 6) is -0.179. The minimum absolute atomic E-state index is 0.179. The van der Waals surface area contributed by atoms with Crippen LogP contribution in [0.15, 0.2) is 46.9 Å². The minimum atomic E-state index is -0.657. The first-order valence-corrected chi connectivity index (χ1v) is 7.59. The number of rotatable bonds is 4. The average molecular weight is 355 g/mol. The van der Waals surface area contributed by atoms with Crippen LogP contribution >= 0.6 is 27.5 Å². The third-order valence-corrected chi connectivity index (χ3v) is 4.20. The molecule has 2 aromatic rings. The summed E-state index contributed by atoms with van der Waals surface area (Å²) in [4.78, 5) is 0. The number of hydrogen-bond acceptors (Lipinski definition) is 2. The topological polar surface area (TPSA) is 46.2 Å². The van der Waals surface area contributed by atoms with Gasteiger partial charge >= 0.3 is 0 Å². The SMILES string of the molecule is Cc1ccc(Br)cc1C(O)C(CN)c1cccc(Cl)c1. The van der Waals surface area contributed by atoms with E-state index in [2.05, 4.69) is 15.9 Å². The largest absolute Gasteiger partial charge is 0.388 e. The summed E-state index contributed by atoms with van der Waals surface area (Å²) in [6, 6.07) is 13.4. The molecule has 0 aliphatic rings. The predicted molar refractivity (Wildman–Crippen MR) is 87.1 cm³/mol. The van der Waals surface area contributed by atoms with Crippen LogP contribution in [-0.2, 0) is 0 Å². The van der Waals surface area contributed by atoms with Crippen LogP contribution in [0, 0.1) is 6.92 Å². The lowest BCUT2D eigenvalue weighted by atomic mass is 9.87. The van der Waals surface area contributed by atoms with Crippen LogP contribution in [-0.4, -0.2) is 11.7 Å². The van der Waals surface area contributed by atoms with Crippen LogP contribution in [0.25, 0.3) is 0 Å². The Kier molecular flexibility index (Phi) is 5.22. The van der Waals surface area contributed by atoms with Crippen molar-refractivity contribution in [3.05, 3.63) is 68.7 Å². The quantitative estimate of drug-likeness (QED) is 0.865. The van der Waals surface area contributed by atoms with Crippen LogP contribution in [0.2, 0.25) is 5.02 Å². The van der Waals surface area contributed by atoms with Crippen molar-refractivity contribution in [1.82, 2.24) is 0 Å². The molecule has 0 bridgehead atoms. The third-order valence-electron chi connectivity index (χ3n) is 3.47. The van der Waals surface area contributed by atoms with E-state index in [1.165, 1.54) is 0 Å². The Balaban J connectivity index is 2.38. The molecule has 0 radical (unpaired) electrons. The summed E-state index contributed by atoms with van der Waals surface area (Å²) in [6.07, 6.45) is -0.657. The van der Waals surface area contributed by atoms with Crippen LogP contribution in [0.5, 0.6) is 0 Å². The second-order valence-corrected chi connectivity index (χ2v) is 6.20. The molecule has 0 aromatic heterocycles. The minimum Gasteiger partial charge on any atom is -0.388 e. The lowest BCUT2D eigenvalue weighted by Crippen LogP contribution is -2.20. The highest BCUT2D eigenvalue weighted by atomic mass is 79.9. The highest BCUT2D eigenvalue weighted by Gasteiger charge is 2.23. The summed E-state index contributed by atoms with van der Waals surface area (Å²) < 4.78 is 0.944. The maximum absolute atomic E-state index is 10.7. The summed E-state index contributed by atoms with van der Waals surface area (Å²) in [5.41, 5.74) is 8.74. The molecule has 2 rings (SSSR count). The van der Waals surface area contributed by atoms with Crippen molar-refractivity contribution in [1.29, 1.82) is 0 Å². The number of halogens is 2. The Labute approximate surface area is 132 Å². The van der Waals surface area contributed by atoms with Crippen LogP contribution < -0.4 is 5.73 Å². The van der Waals surface area contributed by atoms with E-state index in [9.17, 15) is 5.11 Å². The smallest absolute Gasteiger partial charge is 0.0873 e. The lowest BCUT2D eigenvalue weighted by Gasteiger charge is -2.24. The average Bonchev–Trinajstić information content (AvgIpc) is 2.42. The molecule has 0 saturated heterocycles. The van der Waals surface area contributed by atoms with Crippen molar-refractivity contribution in [3.8, 4) is 0 Å². The summed E-state index contributed by atoms with van der Waals surface area (Å²) in [6.45, 7) is 2.34. The van der Waals surface area contributed by atoms with Gasteiger partial charge in [0.05, 0.1) is 6.10 Å². The fraction of sp³-hybridized carbons (Fsp3) is 0.250. The van der Waals surface area contributed by atoms with Crippen molar-refractivity contribution in [2.75, 3.05) is 6.54 Å². The van der Waals surface area contributed by atoms with Gasteiger partial charge in [-0.1, -0.05) is 45.7 Å². The monoisotopic (exact) mass is 353 g/mol. The second kappa shape index (κ2) is 6.72. The Hall–Kier alpha value is -0.870. The van der Waals surface area contributed by atoms with E-state index in [0.29, 0.717) is 11.6 Å². The van der Waals surface area contributed by atoms with E-state index < -0.39 is 6.10 Å². The van der Waals surface area contributed by atoms with Gasteiger partial charge in [0.25, 0.3) is 0 Å². The molecule has 0 saturated carbocycles. The van der Waals surface area contributed by atoms with Gasteiger partial charge in [-0.25, -0.2) is 0 Å². The molecule has 2 unspecified atom stereocenters. The molecular weight excluding hydrogens is 338 g/mol. The summed E-state index contributed by atoms with van der Waals surface area (Å²) >= 11 is 9.46. The molecule has 0 aliphatic carbocycles. The highest BCUT2D eigenvalue weighted by molar-refractivity contribution is 9.10. The molecular formula is C16H17BrClNO. The van der Waals surface area contributed by atoms with E-state index in [0.717, 1.165) is 21.2 Å². The number of hydrogen-bond donors (Lipinski definition) is 2. The second-order valence-electron chi connectivity index (χ2n) is 4.84. The van der Waals surface area contributed by atoms with Crippen molar-refractivity contribution < 1.29 is 5.11 Å². The molecule has 0 heterocycles. The Bertz CT molecular complexity index is 603. The van der Waals surface area contributed by atoms with Crippen molar-refractivity contribution in [2.45, 2.75) is 18.9 Å². The predicted octanol–water partition coefficient (Wildman–Crippen LogP) is 4.19. The molecule has 0 amide bonds. The van der Waals surface area contributed by atoms with Crippen LogP contribution in [0.3, 0.4) is 0 Å². The number of aliphatic hydroxyl groups is 1. The highest BCUT2D eigenvalue weighted by Crippen LogP contribution is 2.34. The standard InChI is InChI=1S/C16H17BrClNO/c1-10-5-6-12(17)8-14(10)16(20)15(9-19)11-3-2-4-13(18)7-11/h2-8,15-16,20H,9,19H2,1H3. The molecule has 2 atom stereocenters. The Morgan fingerprint density at radius 3 is 2.65 bits per heavy atom. The van der Waals surface area contributed by atoms with E-state index >= 15 is 0 Å². The number of aryl methyl sites for hydroxylation is 1. The van der Waals surface area contributed by atoms with Gasteiger partial charge in [0, 0.05) is 22.0 Å². The molecule has 2 aromatic carbocycles. The molecule has 2 nitrogen and oxygen atoms in total. The van der Waals surface area contributed by atoms with Crippen molar-refractivity contribution in [2.24, 2.45) is 5.73 Å². The van der Waals surface area contributed by atoms with Gasteiger partial charge < -0.3 is 10.8 Å². The first kappa shape index (κ1) is 15.5. The first-order chi connectivity index (χ1) is 9.52. The fourth-order valence-corrected chi connectivity index (χ4v) is 2.91. The van der Waals surface area contributed by atoms with Gasteiger partial charge in [0.15, 0.2) is 0 Å². The number of benzene rings is 2. The third kappa shape index (κ3) is 3.41. The summed E-state index contributed by atoms with van der Waals surface area (Å²) in [5, 5.41) is 11.3. The summed E-state index contributed by atoms with van der Waals surface area (Å²) in [7, 11) is 0. The van der Waals surface area contributed by atoms with Crippen molar-refractivity contribution in [3.63, 3.8) is 0 Å². The molecule has 20 heavy (non-hydrogen) atoms. The zero-order valence-corrected chi connectivity index (χ0v) is 13.5. The van der Waals surface area contributed by atoms with E-state index in [-0.39, 0.29) is 5.92 Å². The maximum Gasteiger partial charge on any atom is 0.0873 e. The lowest BCUT2D eigenvalue weighted by molar-refractivity contribution is 0.146. The Morgan fingerprint density at radius 2 is 2.00 bits per heavy atom. The molecule has 3 N–H and O–H groups in total. The van der Waals surface area contributed by atoms with E-state index in [1.807, 2.05) is 49.4 Å². The normalized spacial score (nSPS) is 14.1. The van der Waals surface area contributed by atoms with Gasteiger partial charge in [-0.3, -0.25) is 0 Å².